The van der Waals surface area contributed by atoms with Crippen LogP contribution in [0, 0.1) is 34.5 Å². The third-order valence-corrected chi connectivity index (χ3v) is 6.66. The summed E-state index contributed by atoms with van der Waals surface area (Å²) in [6.07, 6.45) is 1.30. The summed E-state index contributed by atoms with van der Waals surface area (Å²) in [6.45, 7) is 5.44. The van der Waals surface area contributed by atoms with Gasteiger partial charge in [-0.25, -0.2) is 8.42 Å². The molecule has 1 fully saturated rings. The van der Waals surface area contributed by atoms with Gasteiger partial charge in [0.15, 0.2) is 0 Å². The Bertz CT molecular complexity index is 857. The number of hydrogen-bond donors (Lipinski definition) is 0. The highest BCUT2D eigenvalue weighted by molar-refractivity contribution is 7.89. The predicted molar refractivity (Wildman–Crippen MR) is 105 cm³/mol. The molecular formula is C20H26N4O3S. The number of rotatable bonds is 7. The van der Waals surface area contributed by atoms with Crippen molar-refractivity contribution in [1.82, 2.24) is 9.21 Å². The van der Waals surface area contributed by atoms with Gasteiger partial charge in [0, 0.05) is 31.7 Å². The molecule has 8 heteroatoms. The van der Waals surface area contributed by atoms with Gasteiger partial charge < -0.3 is 4.90 Å². The van der Waals surface area contributed by atoms with Gasteiger partial charge >= 0.3 is 0 Å². The molecule has 0 N–H and O–H groups in total. The average Bonchev–Trinajstić information content (AvgIpc) is 2.67. The van der Waals surface area contributed by atoms with Gasteiger partial charge in [-0.3, -0.25) is 4.79 Å². The Hall–Kier alpha value is -2.42. The van der Waals surface area contributed by atoms with Crippen molar-refractivity contribution in [2.45, 2.75) is 38.0 Å². The number of nitrogens with zero attached hydrogens (tertiary/aromatic N) is 4. The van der Waals surface area contributed by atoms with Crippen LogP contribution in [0.4, 0.5) is 0 Å². The highest BCUT2D eigenvalue weighted by atomic mass is 32.2. The van der Waals surface area contributed by atoms with Crippen LogP contribution in [0.1, 0.15) is 43.5 Å². The zero-order valence-electron chi connectivity index (χ0n) is 16.3. The maximum absolute atomic E-state index is 13.1. The van der Waals surface area contributed by atoms with Crippen LogP contribution in [0.5, 0.6) is 0 Å². The average molecular weight is 403 g/mol. The Morgan fingerprint density at radius 3 is 2.25 bits per heavy atom. The third-order valence-electron chi connectivity index (χ3n) is 4.83. The summed E-state index contributed by atoms with van der Waals surface area (Å²) in [5.41, 5.74) is 0.245. The summed E-state index contributed by atoms with van der Waals surface area (Å²) in [7, 11) is -3.69. The van der Waals surface area contributed by atoms with E-state index in [1.165, 1.54) is 21.3 Å². The third kappa shape index (κ3) is 5.31. The minimum Gasteiger partial charge on any atom is -0.337 e. The van der Waals surface area contributed by atoms with Gasteiger partial charge in [-0.1, -0.05) is 19.9 Å². The standard InChI is InChI=1S/C20H26N4O3S/c1-16-12-17(2)15-24(14-16)28(26,27)19-7-3-6-18(13-19)20(25)23(10-4-8-21)11-5-9-22/h3,6-7,13,16-17H,4-5,10-12,14-15H2,1-2H3/t16-,17-/m0/s1. The lowest BCUT2D eigenvalue weighted by atomic mass is 9.94. The fourth-order valence-electron chi connectivity index (χ4n) is 3.61. The van der Waals surface area contributed by atoms with E-state index in [1.807, 2.05) is 26.0 Å². The molecule has 150 valence electrons. The molecule has 2 atom stereocenters. The topological polar surface area (TPSA) is 105 Å². The first-order chi connectivity index (χ1) is 13.3. The molecule has 1 aliphatic rings. The number of amides is 1. The quantitative estimate of drug-likeness (QED) is 0.697. The first-order valence-corrected chi connectivity index (χ1v) is 10.9. The molecule has 2 rings (SSSR count). The second-order valence-corrected chi connectivity index (χ2v) is 9.34. The van der Waals surface area contributed by atoms with Crippen molar-refractivity contribution in [1.29, 1.82) is 10.5 Å². The van der Waals surface area contributed by atoms with E-state index in [-0.39, 0.29) is 54.1 Å². The van der Waals surface area contributed by atoms with Crippen LogP contribution < -0.4 is 0 Å². The maximum atomic E-state index is 13.1. The van der Waals surface area contributed by atoms with Crippen molar-refractivity contribution in [3.63, 3.8) is 0 Å². The smallest absolute Gasteiger partial charge is 0.253 e. The number of nitriles is 2. The number of benzene rings is 1. The second-order valence-electron chi connectivity index (χ2n) is 7.40. The summed E-state index contributed by atoms with van der Waals surface area (Å²) in [6, 6.07) is 10.0. The lowest BCUT2D eigenvalue weighted by Gasteiger charge is -2.34. The molecule has 28 heavy (non-hydrogen) atoms. The van der Waals surface area contributed by atoms with Crippen molar-refractivity contribution in [3.05, 3.63) is 29.8 Å². The van der Waals surface area contributed by atoms with Gasteiger partial charge in [0.2, 0.25) is 10.0 Å². The van der Waals surface area contributed by atoms with Crippen LogP contribution in [0.25, 0.3) is 0 Å². The number of carbonyl (C=O) groups is 1. The Balaban J connectivity index is 2.28. The molecule has 0 unspecified atom stereocenters. The summed E-state index contributed by atoms with van der Waals surface area (Å²) in [5.74, 6) is 0.203. The Kier molecular flexibility index (Phi) is 7.56. The largest absolute Gasteiger partial charge is 0.337 e. The predicted octanol–water partition coefficient (Wildman–Crippen LogP) is 2.62. The first kappa shape index (κ1) is 21.9. The molecule has 1 heterocycles. The van der Waals surface area contributed by atoms with Crippen molar-refractivity contribution >= 4 is 15.9 Å². The van der Waals surface area contributed by atoms with Crippen molar-refractivity contribution < 1.29 is 13.2 Å². The van der Waals surface area contributed by atoms with E-state index in [1.54, 1.807) is 12.1 Å². The molecule has 0 aromatic heterocycles. The van der Waals surface area contributed by atoms with E-state index in [0.717, 1.165) is 6.42 Å². The van der Waals surface area contributed by atoms with E-state index in [2.05, 4.69) is 0 Å². The molecule has 0 saturated carbocycles. The van der Waals surface area contributed by atoms with Crippen molar-refractivity contribution in [2.75, 3.05) is 26.2 Å². The van der Waals surface area contributed by atoms with Gasteiger partial charge in [0.25, 0.3) is 5.91 Å². The molecule has 0 aliphatic carbocycles. The molecule has 1 aromatic carbocycles. The zero-order chi connectivity index (χ0) is 20.7. The van der Waals surface area contributed by atoms with Gasteiger partial charge in [-0.15, -0.1) is 0 Å². The summed E-state index contributed by atoms with van der Waals surface area (Å²) < 4.78 is 27.7. The van der Waals surface area contributed by atoms with Crippen LogP contribution in [0.15, 0.2) is 29.2 Å². The zero-order valence-corrected chi connectivity index (χ0v) is 17.2. The fourth-order valence-corrected chi connectivity index (χ4v) is 5.33. The normalized spacial score (nSPS) is 20.1. The molecule has 0 spiro atoms. The molecular weight excluding hydrogens is 376 g/mol. The van der Waals surface area contributed by atoms with E-state index in [0.29, 0.717) is 13.1 Å². The lowest BCUT2D eigenvalue weighted by molar-refractivity contribution is 0.0762. The van der Waals surface area contributed by atoms with Gasteiger partial charge in [-0.2, -0.15) is 14.8 Å². The monoisotopic (exact) mass is 402 g/mol. The number of sulfonamides is 1. The number of piperidine rings is 1. The lowest BCUT2D eigenvalue weighted by Crippen LogP contribution is -2.42. The fraction of sp³-hybridized carbons (Fsp3) is 0.550. The van der Waals surface area contributed by atoms with Crippen molar-refractivity contribution in [3.8, 4) is 12.1 Å². The van der Waals surface area contributed by atoms with E-state index < -0.39 is 10.0 Å². The van der Waals surface area contributed by atoms with Crippen LogP contribution >= 0.6 is 0 Å². The molecule has 1 saturated heterocycles. The van der Waals surface area contributed by atoms with Crippen LogP contribution in [0.3, 0.4) is 0 Å². The van der Waals surface area contributed by atoms with E-state index in [4.69, 9.17) is 10.5 Å². The van der Waals surface area contributed by atoms with E-state index in [9.17, 15) is 13.2 Å². The van der Waals surface area contributed by atoms with Gasteiger partial charge in [0.05, 0.1) is 29.9 Å². The molecule has 7 nitrogen and oxygen atoms in total. The molecule has 1 aliphatic heterocycles. The number of hydrogen-bond acceptors (Lipinski definition) is 5. The molecule has 1 aromatic rings. The summed E-state index contributed by atoms with van der Waals surface area (Å²) >= 11 is 0. The van der Waals surface area contributed by atoms with Crippen LogP contribution in [0.2, 0.25) is 0 Å². The molecule has 0 bridgehead atoms. The van der Waals surface area contributed by atoms with Gasteiger partial charge in [-0.05, 0) is 36.5 Å². The Labute approximate surface area is 167 Å². The minimum absolute atomic E-state index is 0.0974. The Morgan fingerprint density at radius 2 is 1.71 bits per heavy atom. The molecule has 1 amide bonds. The maximum Gasteiger partial charge on any atom is 0.253 e. The Morgan fingerprint density at radius 1 is 1.14 bits per heavy atom. The van der Waals surface area contributed by atoms with Crippen LogP contribution in [-0.2, 0) is 10.0 Å². The SMILES string of the molecule is C[C@H]1C[C@H](C)CN(S(=O)(=O)c2cccc(C(=O)N(CCC#N)CCC#N)c2)C1. The van der Waals surface area contributed by atoms with Crippen molar-refractivity contribution in [2.24, 2.45) is 11.8 Å². The summed E-state index contributed by atoms with van der Waals surface area (Å²) in [5, 5.41) is 17.6. The van der Waals surface area contributed by atoms with Gasteiger partial charge in [0.1, 0.15) is 0 Å². The molecule has 0 radical (unpaired) electrons. The van der Waals surface area contributed by atoms with E-state index >= 15 is 0 Å². The summed E-state index contributed by atoms with van der Waals surface area (Å²) in [4.78, 5) is 14.3. The minimum atomic E-state index is -3.69. The highest BCUT2D eigenvalue weighted by Crippen LogP contribution is 2.27. The second kappa shape index (κ2) is 9.68. The first-order valence-electron chi connectivity index (χ1n) is 9.43. The number of carbonyl (C=O) groups excluding carboxylic acids is 1. The van der Waals surface area contributed by atoms with Crippen LogP contribution in [-0.4, -0.2) is 49.7 Å². The highest BCUT2D eigenvalue weighted by Gasteiger charge is 2.32.